The van der Waals surface area contributed by atoms with Crippen LogP contribution in [-0.2, 0) is 0 Å². The van der Waals surface area contributed by atoms with E-state index in [1.807, 2.05) is 0 Å². The van der Waals surface area contributed by atoms with Crippen molar-refractivity contribution in [3.8, 4) is 0 Å². The number of carbonyl (C=O) groups excluding carboxylic acids is 2. The van der Waals surface area contributed by atoms with Crippen LogP contribution in [0.1, 0.15) is 22.3 Å². The first-order valence-electron chi connectivity index (χ1n) is 16.0. The van der Waals surface area contributed by atoms with Crippen molar-refractivity contribution in [2.75, 3.05) is 46.0 Å². The Hall–Kier alpha value is -7.19. The number of urea groups is 2. The van der Waals surface area contributed by atoms with Gasteiger partial charge in [0.1, 0.15) is 23.3 Å². The maximum absolute atomic E-state index is 12.7. The number of halogens is 1. The molecule has 0 atom stereocenters. The number of nitrogens with one attached hydrogen (secondary N) is 12. The zero-order chi connectivity index (χ0) is 37.0. The molecule has 12 N–H and O–H groups in total. The Morgan fingerprint density at radius 3 is 0.943 bits per heavy atom. The number of anilines is 6. The predicted molar refractivity (Wildman–Crippen MR) is 217 cm³/mol. The molecule has 270 valence electrons. The van der Waals surface area contributed by atoms with E-state index in [4.69, 9.17) is 21.6 Å². The Balaban J connectivity index is 0.00000627. The number of hydrogen-bond donors (Lipinski definition) is 12. The Bertz CT molecular complexity index is 1950. The zero-order valence-electron chi connectivity index (χ0n) is 28.8. The minimum Gasteiger partial charge on any atom is -0.373 e. The number of benzene rings is 5. The summed E-state index contributed by atoms with van der Waals surface area (Å²) in [4.78, 5) is 25.4. The molecule has 14 nitrogen and oxygen atoms in total. The molecule has 0 aliphatic carbocycles. The quantitative estimate of drug-likeness (QED) is 0.0519. The van der Waals surface area contributed by atoms with E-state index in [2.05, 4.69) is 42.5 Å². The van der Waals surface area contributed by atoms with Crippen LogP contribution in [0.3, 0.4) is 0 Å². The molecule has 5 aromatic rings. The molecule has 0 aliphatic rings. The Morgan fingerprint density at radius 1 is 0.377 bits per heavy atom. The summed E-state index contributed by atoms with van der Waals surface area (Å²) in [5, 5.41) is 55.1. The molecule has 0 bridgehead atoms. The lowest BCUT2D eigenvalue weighted by Gasteiger charge is -2.12. The molecule has 5 aromatic carbocycles. The van der Waals surface area contributed by atoms with Crippen molar-refractivity contribution in [3.05, 3.63) is 144 Å². The van der Waals surface area contributed by atoms with Gasteiger partial charge in [-0.15, -0.1) is 12.4 Å². The van der Waals surface area contributed by atoms with Crippen molar-refractivity contribution in [1.82, 2.24) is 10.6 Å². The fraction of sp³-hybridized carbons (Fsp3) is 0.0526. The lowest BCUT2D eigenvalue weighted by Crippen LogP contribution is -2.21. The first-order valence-corrected chi connectivity index (χ1v) is 16.0. The molecule has 0 saturated heterocycles. The maximum atomic E-state index is 12.7. The molecule has 0 aromatic heterocycles. The van der Waals surface area contributed by atoms with Crippen LogP contribution in [0.2, 0.25) is 0 Å². The maximum Gasteiger partial charge on any atom is 0.323 e. The van der Waals surface area contributed by atoms with E-state index in [1.165, 1.54) is 0 Å². The molecule has 5 rings (SSSR count). The molecule has 15 heteroatoms. The molecule has 0 unspecified atom stereocenters. The molecule has 0 fully saturated rings. The van der Waals surface area contributed by atoms with Gasteiger partial charge in [-0.25, -0.2) is 9.59 Å². The molecule has 0 saturated carbocycles. The van der Waals surface area contributed by atoms with Crippen molar-refractivity contribution in [2.24, 2.45) is 0 Å². The van der Waals surface area contributed by atoms with Gasteiger partial charge in [-0.3, -0.25) is 21.6 Å². The summed E-state index contributed by atoms with van der Waals surface area (Å²) in [5.41, 5.74) is 6.09. The summed E-state index contributed by atoms with van der Waals surface area (Å²) in [6, 6.07) is 33.7. The Kier molecular flexibility index (Phi) is 13.2. The summed E-state index contributed by atoms with van der Waals surface area (Å²) in [5.74, 6) is 0.972. The van der Waals surface area contributed by atoms with Crippen molar-refractivity contribution >= 4 is 81.9 Å². The third kappa shape index (κ3) is 10.9. The third-order valence-electron chi connectivity index (χ3n) is 7.63. The molecular weight excluding hydrogens is 692 g/mol. The van der Waals surface area contributed by atoms with Gasteiger partial charge in [0.05, 0.1) is 0 Å². The highest BCUT2D eigenvalue weighted by molar-refractivity contribution is 6.08. The molecule has 0 heterocycles. The van der Waals surface area contributed by atoms with Gasteiger partial charge < -0.3 is 42.5 Å². The van der Waals surface area contributed by atoms with Gasteiger partial charge in [0.2, 0.25) is 0 Å². The first kappa shape index (κ1) is 38.6. The number of amidine groups is 4. The minimum absolute atomic E-state index is 0. The molecule has 53 heavy (non-hydrogen) atoms. The van der Waals surface area contributed by atoms with E-state index >= 15 is 0 Å². The summed E-state index contributed by atoms with van der Waals surface area (Å²) >= 11 is 0. The summed E-state index contributed by atoms with van der Waals surface area (Å²) in [7, 11) is 3.37. The summed E-state index contributed by atoms with van der Waals surface area (Å²) < 4.78 is 0. The average Bonchev–Trinajstić information content (AvgIpc) is 3.15. The number of hydrogen-bond acceptors (Lipinski definition) is 6. The van der Waals surface area contributed by atoms with E-state index < -0.39 is 12.1 Å². The Morgan fingerprint density at radius 2 is 0.642 bits per heavy atom. The van der Waals surface area contributed by atoms with Crippen molar-refractivity contribution in [1.29, 1.82) is 21.6 Å². The lowest BCUT2D eigenvalue weighted by atomic mass is 10.1. The number of rotatable bonds is 10. The highest BCUT2D eigenvalue weighted by Gasteiger charge is 2.09. The topological polar surface area (TPSA) is 226 Å². The molecule has 0 aliphatic heterocycles. The largest absolute Gasteiger partial charge is 0.373 e. The number of amides is 4. The monoisotopic (exact) mass is 730 g/mol. The van der Waals surface area contributed by atoms with E-state index in [0.29, 0.717) is 56.9 Å². The number of carbonyl (C=O) groups is 2. The second-order valence-corrected chi connectivity index (χ2v) is 11.3. The standard InChI is InChI=1S/C38H38N12O2.ClH/c1-43-33(39)23-6-14-27(15-7-23)45-35(41)25-10-18-29(19-11-25)47-37(51)49-31-4-3-5-32(22-31)50-38(52)48-30-20-12-26(13-21-30)36(42)46-28-16-8-24(9-17-28)34(40)44-2;/h3-22H,1-2H3,(H2,39,43)(H2,40,44)(H2,41,45)(H2,42,46)(H2,47,49,51)(H2,48,50,52);1H. The van der Waals surface area contributed by atoms with Crippen LogP contribution in [0.25, 0.3) is 0 Å². The highest BCUT2D eigenvalue weighted by atomic mass is 35.5. The third-order valence-corrected chi connectivity index (χ3v) is 7.63. The fourth-order valence-electron chi connectivity index (χ4n) is 4.86. The van der Waals surface area contributed by atoms with Crippen LogP contribution < -0.4 is 42.5 Å². The average molecular weight is 731 g/mol. The van der Waals surface area contributed by atoms with E-state index in [9.17, 15) is 9.59 Å². The predicted octanol–water partition coefficient (Wildman–Crippen LogP) is 7.36. The van der Waals surface area contributed by atoms with Crippen LogP contribution in [0.5, 0.6) is 0 Å². The summed E-state index contributed by atoms with van der Waals surface area (Å²) in [6.07, 6.45) is 0. The van der Waals surface area contributed by atoms with Gasteiger partial charge in [-0.05, 0) is 115 Å². The second kappa shape index (κ2) is 18.2. The van der Waals surface area contributed by atoms with Crippen LogP contribution in [0.4, 0.5) is 43.7 Å². The molecular formula is C38H39ClN12O2. The van der Waals surface area contributed by atoms with Crippen LogP contribution >= 0.6 is 12.4 Å². The van der Waals surface area contributed by atoms with Gasteiger partial charge in [0, 0.05) is 70.5 Å². The highest BCUT2D eigenvalue weighted by Crippen LogP contribution is 2.19. The molecule has 4 amide bonds. The van der Waals surface area contributed by atoms with Gasteiger partial charge in [0.25, 0.3) is 0 Å². The van der Waals surface area contributed by atoms with Crippen molar-refractivity contribution in [2.45, 2.75) is 0 Å². The molecule has 0 spiro atoms. The lowest BCUT2D eigenvalue weighted by molar-refractivity contribution is 0.261. The van der Waals surface area contributed by atoms with Crippen molar-refractivity contribution < 1.29 is 9.59 Å². The molecule has 0 radical (unpaired) electrons. The van der Waals surface area contributed by atoms with E-state index in [0.717, 1.165) is 11.1 Å². The van der Waals surface area contributed by atoms with E-state index in [1.54, 1.807) is 135 Å². The normalized spacial score (nSPS) is 10.0. The van der Waals surface area contributed by atoms with Gasteiger partial charge in [-0.2, -0.15) is 0 Å². The van der Waals surface area contributed by atoms with Crippen LogP contribution in [0.15, 0.2) is 121 Å². The second-order valence-electron chi connectivity index (χ2n) is 11.3. The summed E-state index contributed by atoms with van der Waals surface area (Å²) in [6.45, 7) is 0. The van der Waals surface area contributed by atoms with Gasteiger partial charge in [-0.1, -0.05) is 6.07 Å². The fourth-order valence-corrected chi connectivity index (χ4v) is 4.86. The Labute approximate surface area is 312 Å². The van der Waals surface area contributed by atoms with E-state index in [-0.39, 0.29) is 24.1 Å². The van der Waals surface area contributed by atoms with Crippen LogP contribution in [0, 0.1) is 21.6 Å². The van der Waals surface area contributed by atoms with Crippen molar-refractivity contribution in [3.63, 3.8) is 0 Å². The van der Waals surface area contributed by atoms with Crippen LogP contribution in [-0.4, -0.2) is 49.5 Å². The first-order chi connectivity index (χ1) is 25.1. The van der Waals surface area contributed by atoms with Gasteiger partial charge >= 0.3 is 12.1 Å². The smallest absolute Gasteiger partial charge is 0.323 e. The zero-order valence-corrected chi connectivity index (χ0v) is 29.6. The SMILES string of the molecule is CNC(=N)c1ccc(NC(=N)c2ccc(NC(=O)Nc3cccc(NC(=O)Nc4ccc(C(=N)Nc5ccc(C(=N)NC)cc5)cc4)c3)cc2)cc1.Cl. The van der Waals surface area contributed by atoms with Gasteiger partial charge in [0.15, 0.2) is 0 Å². The minimum atomic E-state index is -0.485.